The summed E-state index contributed by atoms with van der Waals surface area (Å²) >= 11 is 9.36. The summed E-state index contributed by atoms with van der Waals surface area (Å²) < 4.78 is 5.26. The van der Waals surface area contributed by atoms with Crippen LogP contribution >= 0.6 is 24.4 Å². The Morgan fingerprint density at radius 2 is 2.11 bits per heavy atom. The second-order valence-electron chi connectivity index (χ2n) is 3.21. The third-order valence-electron chi connectivity index (χ3n) is 1.70. The van der Waals surface area contributed by atoms with E-state index < -0.39 is 5.91 Å². The second kappa shape index (κ2) is 6.72. The molecule has 1 amide bonds. The maximum Gasteiger partial charge on any atom is 0.250 e. The summed E-state index contributed by atoms with van der Waals surface area (Å²) in [5, 5.41) is 2.47. The number of thiocarbonyl (C=S) groups is 2. The first kappa shape index (κ1) is 14.1. The number of carbonyl (C=O) groups is 1. The molecule has 0 atom stereocenters. The largest absolute Gasteiger partial charge is 0.462 e. The van der Waals surface area contributed by atoms with E-state index in [0.29, 0.717) is 5.76 Å². The standard InChI is InChI=1S/C10H12N4O2S2/c1-6-2-3-7(16-6)4-5-8(15)12-10(18)14-13-9(11)17/h2-5H,1H3,(H3,11,13,17)(H2,12,14,15,18)/b5-4+. The molecule has 0 saturated heterocycles. The molecule has 1 aromatic rings. The SMILES string of the molecule is Cc1ccc(/C=C/C(=O)NC(=S)NNC(N)=S)o1. The third kappa shape index (κ3) is 5.41. The Hall–Kier alpha value is -1.93. The fraction of sp³-hybridized carbons (Fsp3) is 0.100. The highest BCUT2D eigenvalue weighted by Crippen LogP contribution is 2.07. The minimum absolute atomic E-state index is 0.0215. The third-order valence-corrected chi connectivity index (χ3v) is 2.00. The van der Waals surface area contributed by atoms with E-state index in [1.54, 1.807) is 12.1 Å². The van der Waals surface area contributed by atoms with Crippen LogP contribution in [0.4, 0.5) is 0 Å². The summed E-state index contributed by atoms with van der Waals surface area (Å²) in [6.07, 6.45) is 2.83. The van der Waals surface area contributed by atoms with Gasteiger partial charge < -0.3 is 10.2 Å². The zero-order valence-electron chi connectivity index (χ0n) is 9.52. The first-order chi connectivity index (χ1) is 8.47. The average molecular weight is 284 g/mol. The number of rotatable bonds is 2. The monoisotopic (exact) mass is 284 g/mol. The van der Waals surface area contributed by atoms with Gasteiger partial charge in [0.15, 0.2) is 10.2 Å². The van der Waals surface area contributed by atoms with E-state index in [1.807, 2.05) is 6.92 Å². The molecule has 0 aliphatic rings. The zero-order chi connectivity index (χ0) is 13.5. The van der Waals surface area contributed by atoms with Gasteiger partial charge in [0.1, 0.15) is 11.5 Å². The predicted octanol–water partition coefficient (Wildman–Crippen LogP) is 0.340. The topological polar surface area (TPSA) is 92.3 Å². The van der Waals surface area contributed by atoms with Crippen LogP contribution in [0.1, 0.15) is 11.5 Å². The quantitative estimate of drug-likeness (QED) is 0.353. The lowest BCUT2D eigenvalue weighted by atomic mass is 10.4. The summed E-state index contributed by atoms with van der Waals surface area (Å²) in [6, 6.07) is 3.56. The van der Waals surface area contributed by atoms with Crippen LogP contribution in [0.3, 0.4) is 0 Å². The highest BCUT2D eigenvalue weighted by atomic mass is 32.1. The molecule has 0 radical (unpaired) electrons. The summed E-state index contributed by atoms with van der Waals surface area (Å²) in [5.74, 6) is 0.960. The number of furan rings is 1. The van der Waals surface area contributed by atoms with E-state index in [1.165, 1.54) is 12.2 Å². The molecule has 0 aliphatic heterocycles. The number of nitrogens with two attached hydrogens (primary N) is 1. The van der Waals surface area contributed by atoms with Crippen LogP contribution in [0.15, 0.2) is 22.6 Å². The molecule has 5 N–H and O–H groups in total. The van der Waals surface area contributed by atoms with Gasteiger partial charge in [-0.1, -0.05) is 0 Å². The zero-order valence-corrected chi connectivity index (χ0v) is 11.2. The van der Waals surface area contributed by atoms with Crippen molar-refractivity contribution < 1.29 is 9.21 Å². The van der Waals surface area contributed by atoms with Gasteiger partial charge in [-0.05, 0) is 49.6 Å². The number of hydrogen-bond donors (Lipinski definition) is 4. The van der Waals surface area contributed by atoms with Gasteiger partial charge in [-0.3, -0.25) is 21.0 Å². The van der Waals surface area contributed by atoms with Crippen LogP contribution in [-0.2, 0) is 4.79 Å². The van der Waals surface area contributed by atoms with Gasteiger partial charge in [-0.15, -0.1) is 0 Å². The molecule has 0 bridgehead atoms. The van der Waals surface area contributed by atoms with Crippen molar-refractivity contribution >= 4 is 46.6 Å². The normalized spacial score (nSPS) is 10.1. The van der Waals surface area contributed by atoms with E-state index in [9.17, 15) is 4.79 Å². The molecule has 96 valence electrons. The van der Waals surface area contributed by atoms with E-state index in [-0.39, 0.29) is 10.2 Å². The molecule has 18 heavy (non-hydrogen) atoms. The second-order valence-corrected chi connectivity index (χ2v) is 4.06. The van der Waals surface area contributed by atoms with Crippen molar-refractivity contribution in [3.8, 4) is 0 Å². The van der Waals surface area contributed by atoms with Crippen molar-refractivity contribution in [2.75, 3.05) is 0 Å². The average Bonchev–Trinajstić information content (AvgIpc) is 2.70. The first-order valence-electron chi connectivity index (χ1n) is 4.88. The number of aryl methyl sites for hydroxylation is 1. The highest BCUT2D eigenvalue weighted by molar-refractivity contribution is 7.80. The van der Waals surface area contributed by atoms with E-state index in [2.05, 4.69) is 28.4 Å². The lowest BCUT2D eigenvalue weighted by molar-refractivity contribution is -0.115. The Kier molecular flexibility index (Phi) is 5.28. The van der Waals surface area contributed by atoms with Gasteiger partial charge in [0.25, 0.3) is 0 Å². The van der Waals surface area contributed by atoms with Crippen LogP contribution < -0.4 is 21.9 Å². The molecule has 0 unspecified atom stereocenters. The number of amides is 1. The van der Waals surface area contributed by atoms with Crippen molar-refractivity contribution in [3.05, 3.63) is 29.7 Å². The number of carbonyl (C=O) groups excluding carboxylic acids is 1. The van der Waals surface area contributed by atoms with Crippen molar-refractivity contribution in [3.63, 3.8) is 0 Å². The molecule has 6 nitrogen and oxygen atoms in total. The lowest BCUT2D eigenvalue weighted by Crippen LogP contribution is -2.49. The molecule has 0 saturated carbocycles. The summed E-state index contributed by atoms with van der Waals surface area (Å²) in [6.45, 7) is 1.82. The Labute approximate surface area is 115 Å². The van der Waals surface area contributed by atoms with Crippen molar-refractivity contribution in [2.45, 2.75) is 6.92 Å². The first-order valence-corrected chi connectivity index (χ1v) is 5.70. The molecule has 1 rings (SSSR count). The predicted molar refractivity (Wildman–Crippen MR) is 76.3 cm³/mol. The van der Waals surface area contributed by atoms with E-state index in [0.717, 1.165) is 5.76 Å². The van der Waals surface area contributed by atoms with Gasteiger partial charge in [0.2, 0.25) is 5.91 Å². The van der Waals surface area contributed by atoms with E-state index in [4.69, 9.17) is 22.4 Å². The fourth-order valence-electron chi connectivity index (χ4n) is 1.00. The van der Waals surface area contributed by atoms with Crippen molar-refractivity contribution in [1.29, 1.82) is 0 Å². The van der Waals surface area contributed by atoms with Crippen LogP contribution in [0.5, 0.6) is 0 Å². The van der Waals surface area contributed by atoms with Gasteiger partial charge in [0.05, 0.1) is 0 Å². The molecule has 8 heteroatoms. The van der Waals surface area contributed by atoms with Gasteiger partial charge in [-0.25, -0.2) is 0 Å². The van der Waals surface area contributed by atoms with Crippen molar-refractivity contribution in [1.82, 2.24) is 16.2 Å². The molecule has 0 spiro atoms. The number of hydrazine groups is 1. The molecule has 1 aromatic heterocycles. The van der Waals surface area contributed by atoms with Crippen molar-refractivity contribution in [2.24, 2.45) is 5.73 Å². The van der Waals surface area contributed by atoms with Crippen LogP contribution in [0, 0.1) is 6.92 Å². The van der Waals surface area contributed by atoms with Gasteiger partial charge in [0, 0.05) is 6.08 Å². The summed E-state index contributed by atoms with van der Waals surface area (Å²) in [7, 11) is 0. The smallest absolute Gasteiger partial charge is 0.250 e. The van der Waals surface area contributed by atoms with Gasteiger partial charge >= 0.3 is 0 Å². The Bertz CT molecular complexity index is 496. The minimum Gasteiger partial charge on any atom is -0.462 e. The molecular weight excluding hydrogens is 272 g/mol. The Morgan fingerprint density at radius 3 is 2.67 bits per heavy atom. The number of hydrogen-bond acceptors (Lipinski definition) is 4. The fourth-order valence-corrected chi connectivity index (χ4v) is 1.21. The van der Waals surface area contributed by atoms with Crippen LogP contribution in [0.25, 0.3) is 6.08 Å². The molecule has 0 aliphatic carbocycles. The summed E-state index contributed by atoms with van der Waals surface area (Å²) in [4.78, 5) is 11.4. The van der Waals surface area contributed by atoms with E-state index >= 15 is 0 Å². The molecule has 1 heterocycles. The maximum absolute atomic E-state index is 11.4. The number of nitrogens with one attached hydrogen (secondary N) is 3. The molecule has 0 fully saturated rings. The van der Waals surface area contributed by atoms with Crippen LogP contribution in [-0.4, -0.2) is 16.1 Å². The summed E-state index contributed by atoms with van der Waals surface area (Å²) in [5.41, 5.74) is 10.00. The van der Waals surface area contributed by atoms with Gasteiger partial charge in [-0.2, -0.15) is 0 Å². The minimum atomic E-state index is -0.397. The molecular formula is C10H12N4O2S2. The van der Waals surface area contributed by atoms with Crippen LogP contribution in [0.2, 0.25) is 0 Å². The maximum atomic E-state index is 11.4. The Balaban J connectivity index is 2.39. The Morgan fingerprint density at radius 1 is 1.39 bits per heavy atom. The lowest BCUT2D eigenvalue weighted by Gasteiger charge is -2.08. The molecule has 0 aromatic carbocycles. The highest BCUT2D eigenvalue weighted by Gasteiger charge is 2.00.